The standard InChI is InChI=1S/C23H25N3O4S/c1-3-30-22(29)18-8-10-19(11-9-18)25-21(28)15-31-23-24-12-20(14-27)26(23)13-17-6-4-16(2)5-7-17/h4-12,27H,3,13-15H2,1-2H3,(H,25,28). The molecule has 0 unspecified atom stereocenters. The monoisotopic (exact) mass is 439 g/mol. The molecule has 0 fully saturated rings. The summed E-state index contributed by atoms with van der Waals surface area (Å²) < 4.78 is 6.86. The minimum atomic E-state index is -0.393. The van der Waals surface area contributed by atoms with Crippen LogP contribution in [0.4, 0.5) is 5.69 Å². The van der Waals surface area contributed by atoms with Gasteiger partial charge in [-0.2, -0.15) is 0 Å². The summed E-state index contributed by atoms with van der Waals surface area (Å²) in [6, 6.07) is 14.7. The average Bonchev–Trinajstić information content (AvgIpc) is 3.16. The molecule has 0 aliphatic rings. The Hall–Kier alpha value is -3.10. The largest absolute Gasteiger partial charge is 0.462 e. The van der Waals surface area contributed by atoms with Gasteiger partial charge in [0.15, 0.2) is 5.16 Å². The van der Waals surface area contributed by atoms with Crippen LogP contribution < -0.4 is 5.32 Å². The maximum atomic E-state index is 12.4. The van der Waals surface area contributed by atoms with Crippen molar-refractivity contribution in [2.24, 2.45) is 0 Å². The summed E-state index contributed by atoms with van der Waals surface area (Å²) in [6.45, 7) is 4.53. The lowest BCUT2D eigenvalue weighted by Crippen LogP contribution is -2.15. The molecule has 2 aromatic carbocycles. The number of amides is 1. The summed E-state index contributed by atoms with van der Waals surface area (Å²) in [6.07, 6.45) is 1.63. The predicted octanol–water partition coefficient (Wildman–Crippen LogP) is 3.64. The molecule has 0 atom stereocenters. The highest BCUT2D eigenvalue weighted by Crippen LogP contribution is 2.21. The smallest absolute Gasteiger partial charge is 0.338 e. The maximum absolute atomic E-state index is 12.4. The van der Waals surface area contributed by atoms with Gasteiger partial charge in [0.2, 0.25) is 5.91 Å². The Bertz CT molecular complexity index is 1030. The Morgan fingerprint density at radius 3 is 2.48 bits per heavy atom. The second-order valence-electron chi connectivity index (χ2n) is 6.90. The average molecular weight is 440 g/mol. The molecule has 1 heterocycles. The quantitative estimate of drug-likeness (QED) is 0.391. The molecule has 0 radical (unpaired) electrons. The molecule has 7 nitrogen and oxygen atoms in total. The number of ether oxygens (including phenoxy) is 1. The Balaban J connectivity index is 1.60. The summed E-state index contributed by atoms with van der Waals surface area (Å²) in [5.74, 6) is -0.421. The van der Waals surface area contributed by atoms with E-state index in [1.165, 1.54) is 17.3 Å². The highest BCUT2D eigenvalue weighted by molar-refractivity contribution is 7.99. The van der Waals surface area contributed by atoms with Crippen molar-refractivity contribution in [3.8, 4) is 0 Å². The van der Waals surface area contributed by atoms with Gasteiger partial charge in [-0.1, -0.05) is 41.6 Å². The molecule has 3 aromatic rings. The van der Waals surface area contributed by atoms with Crippen molar-refractivity contribution in [3.63, 3.8) is 0 Å². The molecule has 162 valence electrons. The van der Waals surface area contributed by atoms with Gasteiger partial charge in [-0.15, -0.1) is 0 Å². The van der Waals surface area contributed by atoms with Crippen molar-refractivity contribution in [3.05, 3.63) is 77.1 Å². The maximum Gasteiger partial charge on any atom is 0.338 e. The number of nitrogens with one attached hydrogen (secondary N) is 1. The third-order valence-electron chi connectivity index (χ3n) is 4.54. The van der Waals surface area contributed by atoms with Crippen molar-refractivity contribution in [1.82, 2.24) is 9.55 Å². The van der Waals surface area contributed by atoms with Crippen LogP contribution in [0.5, 0.6) is 0 Å². The number of aryl methyl sites for hydroxylation is 1. The number of aliphatic hydroxyl groups excluding tert-OH is 1. The number of hydrogen-bond donors (Lipinski definition) is 2. The molecule has 0 aliphatic heterocycles. The van der Waals surface area contributed by atoms with E-state index in [0.29, 0.717) is 35.3 Å². The topological polar surface area (TPSA) is 93.4 Å². The molecule has 31 heavy (non-hydrogen) atoms. The van der Waals surface area contributed by atoms with E-state index in [1.54, 1.807) is 37.4 Å². The lowest BCUT2D eigenvalue weighted by molar-refractivity contribution is -0.113. The van der Waals surface area contributed by atoms with Crippen LogP contribution in [-0.2, 0) is 22.7 Å². The van der Waals surface area contributed by atoms with Crippen molar-refractivity contribution >= 4 is 29.3 Å². The molecule has 0 saturated heterocycles. The summed E-state index contributed by atoms with van der Waals surface area (Å²) in [7, 11) is 0. The van der Waals surface area contributed by atoms with Gasteiger partial charge in [-0.3, -0.25) is 4.79 Å². The van der Waals surface area contributed by atoms with Gasteiger partial charge in [0.25, 0.3) is 0 Å². The van der Waals surface area contributed by atoms with Crippen LogP contribution in [0.1, 0.15) is 34.1 Å². The number of imidazole rings is 1. The molecular formula is C23H25N3O4S. The fourth-order valence-electron chi connectivity index (χ4n) is 2.91. The Labute approximate surface area is 185 Å². The molecule has 0 saturated carbocycles. The van der Waals surface area contributed by atoms with E-state index >= 15 is 0 Å². The SMILES string of the molecule is CCOC(=O)c1ccc(NC(=O)CSc2ncc(CO)n2Cc2ccc(C)cc2)cc1. The third-order valence-corrected chi connectivity index (χ3v) is 5.53. The van der Waals surface area contributed by atoms with Crippen LogP contribution in [-0.4, -0.2) is 38.9 Å². The molecule has 3 rings (SSSR count). The van der Waals surface area contributed by atoms with E-state index in [0.717, 1.165) is 5.56 Å². The van der Waals surface area contributed by atoms with Gasteiger partial charge in [-0.25, -0.2) is 9.78 Å². The Kier molecular flexibility index (Phi) is 7.86. The first-order valence-corrected chi connectivity index (χ1v) is 10.9. The molecule has 0 spiro atoms. The van der Waals surface area contributed by atoms with Crippen LogP contribution >= 0.6 is 11.8 Å². The van der Waals surface area contributed by atoms with Crippen molar-refractivity contribution < 1.29 is 19.4 Å². The normalized spacial score (nSPS) is 10.7. The molecule has 1 aromatic heterocycles. The number of aliphatic hydroxyl groups is 1. The number of carbonyl (C=O) groups is 2. The number of rotatable bonds is 9. The van der Waals surface area contributed by atoms with Gasteiger partial charge in [0.1, 0.15) is 0 Å². The van der Waals surface area contributed by atoms with E-state index in [-0.39, 0.29) is 18.3 Å². The summed E-state index contributed by atoms with van der Waals surface area (Å²) >= 11 is 1.30. The third kappa shape index (κ3) is 6.19. The van der Waals surface area contributed by atoms with Crippen LogP contribution in [0.3, 0.4) is 0 Å². The predicted molar refractivity (Wildman–Crippen MR) is 120 cm³/mol. The van der Waals surface area contributed by atoms with E-state index in [1.807, 2.05) is 35.8 Å². The van der Waals surface area contributed by atoms with Crippen LogP contribution in [0.25, 0.3) is 0 Å². The first kappa shape index (κ1) is 22.6. The number of nitrogens with zero attached hydrogens (tertiary/aromatic N) is 2. The minimum absolute atomic E-state index is 0.127. The zero-order chi connectivity index (χ0) is 22.2. The number of anilines is 1. The molecule has 0 bridgehead atoms. The van der Waals surface area contributed by atoms with Crippen molar-refractivity contribution in [2.75, 3.05) is 17.7 Å². The highest BCUT2D eigenvalue weighted by Gasteiger charge is 2.13. The van der Waals surface area contributed by atoms with Gasteiger partial charge < -0.3 is 19.7 Å². The number of carbonyl (C=O) groups excluding carboxylic acids is 2. The number of aromatic nitrogens is 2. The lowest BCUT2D eigenvalue weighted by atomic mass is 10.1. The number of benzene rings is 2. The number of esters is 1. The fourth-order valence-corrected chi connectivity index (χ4v) is 3.71. The van der Waals surface area contributed by atoms with E-state index in [4.69, 9.17) is 4.74 Å². The molecule has 1 amide bonds. The second kappa shape index (κ2) is 10.8. The van der Waals surface area contributed by atoms with Crippen molar-refractivity contribution in [2.45, 2.75) is 32.2 Å². The van der Waals surface area contributed by atoms with Gasteiger partial charge in [0, 0.05) is 12.2 Å². The first-order valence-electron chi connectivity index (χ1n) is 9.90. The Morgan fingerprint density at radius 1 is 1.13 bits per heavy atom. The lowest BCUT2D eigenvalue weighted by Gasteiger charge is -2.11. The number of hydrogen-bond acceptors (Lipinski definition) is 6. The Morgan fingerprint density at radius 2 is 1.84 bits per heavy atom. The van der Waals surface area contributed by atoms with Gasteiger partial charge >= 0.3 is 5.97 Å². The van der Waals surface area contributed by atoms with Gasteiger partial charge in [0.05, 0.1) is 36.4 Å². The highest BCUT2D eigenvalue weighted by atomic mass is 32.2. The molecule has 8 heteroatoms. The van der Waals surface area contributed by atoms with E-state index in [9.17, 15) is 14.7 Å². The summed E-state index contributed by atoms with van der Waals surface area (Å²) in [4.78, 5) is 28.4. The zero-order valence-electron chi connectivity index (χ0n) is 17.5. The number of thioether (sulfide) groups is 1. The van der Waals surface area contributed by atoms with Crippen LogP contribution in [0.15, 0.2) is 59.9 Å². The summed E-state index contributed by atoms with van der Waals surface area (Å²) in [5.41, 5.74) is 3.99. The van der Waals surface area contributed by atoms with Crippen molar-refractivity contribution in [1.29, 1.82) is 0 Å². The zero-order valence-corrected chi connectivity index (χ0v) is 18.3. The van der Waals surface area contributed by atoms with Crippen LogP contribution in [0, 0.1) is 6.92 Å². The van der Waals surface area contributed by atoms with Crippen LogP contribution in [0.2, 0.25) is 0 Å². The van der Waals surface area contributed by atoms with E-state index < -0.39 is 5.97 Å². The van der Waals surface area contributed by atoms with Gasteiger partial charge in [-0.05, 0) is 43.7 Å². The van der Waals surface area contributed by atoms with E-state index in [2.05, 4.69) is 10.3 Å². The molecule has 2 N–H and O–H groups in total. The molecular weight excluding hydrogens is 414 g/mol. The molecule has 0 aliphatic carbocycles. The second-order valence-corrected chi connectivity index (χ2v) is 7.84. The minimum Gasteiger partial charge on any atom is -0.462 e. The first-order chi connectivity index (χ1) is 15.0. The summed E-state index contributed by atoms with van der Waals surface area (Å²) in [5, 5.41) is 13.1. The fraction of sp³-hybridized carbons (Fsp3) is 0.261.